The summed E-state index contributed by atoms with van der Waals surface area (Å²) in [7, 11) is 0. The number of amides is 1. The summed E-state index contributed by atoms with van der Waals surface area (Å²) in [6, 6.07) is 13.7. The third-order valence-electron chi connectivity index (χ3n) is 3.68. The van der Waals surface area contributed by atoms with Crippen LogP contribution < -0.4 is 5.32 Å². The summed E-state index contributed by atoms with van der Waals surface area (Å²) < 4.78 is 1.86. The van der Waals surface area contributed by atoms with E-state index in [0.717, 1.165) is 22.2 Å². The van der Waals surface area contributed by atoms with Crippen LogP contribution in [0.15, 0.2) is 59.4 Å². The Morgan fingerprint density at radius 1 is 1.12 bits per heavy atom. The van der Waals surface area contributed by atoms with E-state index in [1.807, 2.05) is 58.6 Å². The SMILES string of the molecule is Cc1ncc(NC(=O)c2cccs2)n1-c1nc(-c2ccccc2)cs1. The molecule has 1 amide bonds. The van der Waals surface area contributed by atoms with E-state index in [-0.39, 0.29) is 5.91 Å². The number of thiazole rings is 1. The van der Waals surface area contributed by atoms with Gasteiger partial charge in [0.1, 0.15) is 11.6 Å². The van der Waals surface area contributed by atoms with E-state index in [0.29, 0.717) is 10.7 Å². The highest BCUT2D eigenvalue weighted by Crippen LogP contribution is 2.27. The number of carbonyl (C=O) groups excluding carboxylic acids is 1. The normalized spacial score (nSPS) is 10.8. The highest BCUT2D eigenvalue weighted by molar-refractivity contribution is 7.12. The van der Waals surface area contributed by atoms with Gasteiger partial charge in [-0.05, 0) is 18.4 Å². The van der Waals surface area contributed by atoms with Gasteiger partial charge in [-0.3, -0.25) is 9.36 Å². The van der Waals surface area contributed by atoms with Crippen LogP contribution in [-0.4, -0.2) is 20.4 Å². The highest BCUT2D eigenvalue weighted by atomic mass is 32.1. The summed E-state index contributed by atoms with van der Waals surface area (Å²) in [6.07, 6.45) is 1.66. The van der Waals surface area contributed by atoms with Crippen molar-refractivity contribution in [2.75, 3.05) is 5.32 Å². The first kappa shape index (κ1) is 15.7. The van der Waals surface area contributed by atoms with Crippen molar-refractivity contribution in [1.29, 1.82) is 0 Å². The molecule has 0 saturated carbocycles. The van der Waals surface area contributed by atoms with E-state index in [1.54, 1.807) is 12.3 Å². The van der Waals surface area contributed by atoms with Crippen LogP contribution in [0.5, 0.6) is 0 Å². The Bertz CT molecular complexity index is 1000. The summed E-state index contributed by atoms with van der Waals surface area (Å²) in [6.45, 7) is 1.89. The van der Waals surface area contributed by atoms with Gasteiger partial charge in [-0.1, -0.05) is 36.4 Å². The summed E-state index contributed by atoms with van der Waals surface area (Å²) in [4.78, 5) is 22.0. The van der Waals surface area contributed by atoms with Gasteiger partial charge in [0.15, 0.2) is 5.13 Å². The van der Waals surface area contributed by atoms with Crippen molar-refractivity contribution < 1.29 is 4.79 Å². The largest absolute Gasteiger partial charge is 0.306 e. The predicted molar refractivity (Wildman–Crippen MR) is 102 cm³/mol. The molecular formula is C18H14N4OS2. The number of carbonyl (C=O) groups is 1. The Balaban J connectivity index is 1.66. The van der Waals surface area contributed by atoms with Crippen LogP contribution in [0.4, 0.5) is 5.82 Å². The molecule has 0 radical (unpaired) electrons. The van der Waals surface area contributed by atoms with Gasteiger partial charge in [-0.2, -0.15) is 0 Å². The van der Waals surface area contributed by atoms with Crippen molar-refractivity contribution in [1.82, 2.24) is 14.5 Å². The van der Waals surface area contributed by atoms with E-state index in [9.17, 15) is 4.79 Å². The lowest BCUT2D eigenvalue weighted by molar-refractivity contribution is 0.103. The lowest BCUT2D eigenvalue weighted by atomic mass is 10.2. The summed E-state index contributed by atoms with van der Waals surface area (Å²) in [5.41, 5.74) is 1.97. The van der Waals surface area contributed by atoms with Gasteiger partial charge < -0.3 is 5.32 Å². The number of nitrogens with one attached hydrogen (secondary N) is 1. The monoisotopic (exact) mass is 366 g/mol. The van der Waals surface area contributed by atoms with Crippen LogP contribution in [0.2, 0.25) is 0 Å². The van der Waals surface area contributed by atoms with Gasteiger partial charge >= 0.3 is 0 Å². The summed E-state index contributed by atoms with van der Waals surface area (Å²) >= 11 is 2.92. The zero-order valence-electron chi connectivity index (χ0n) is 13.3. The molecule has 0 aliphatic rings. The molecule has 4 rings (SSSR count). The summed E-state index contributed by atoms with van der Waals surface area (Å²) in [5.74, 6) is 1.25. The number of hydrogen-bond acceptors (Lipinski definition) is 5. The van der Waals surface area contributed by atoms with Crippen LogP contribution in [0.1, 0.15) is 15.5 Å². The number of benzene rings is 1. The van der Waals surface area contributed by atoms with E-state index in [4.69, 9.17) is 4.98 Å². The fraction of sp³-hybridized carbons (Fsp3) is 0.0556. The van der Waals surface area contributed by atoms with E-state index in [1.165, 1.54) is 22.7 Å². The molecule has 0 unspecified atom stereocenters. The number of aryl methyl sites for hydroxylation is 1. The van der Waals surface area contributed by atoms with E-state index < -0.39 is 0 Å². The maximum absolute atomic E-state index is 12.3. The molecule has 0 spiro atoms. The van der Waals surface area contributed by atoms with Crippen LogP contribution >= 0.6 is 22.7 Å². The number of anilines is 1. The second-order valence-electron chi connectivity index (χ2n) is 5.34. The molecule has 0 bridgehead atoms. The molecule has 124 valence electrons. The van der Waals surface area contributed by atoms with Gasteiger partial charge in [0.05, 0.1) is 16.8 Å². The summed E-state index contributed by atoms with van der Waals surface area (Å²) in [5, 5.41) is 7.58. The van der Waals surface area contributed by atoms with E-state index >= 15 is 0 Å². The topological polar surface area (TPSA) is 59.8 Å². The fourth-order valence-electron chi connectivity index (χ4n) is 2.47. The number of nitrogens with zero attached hydrogens (tertiary/aromatic N) is 3. The first-order valence-corrected chi connectivity index (χ1v) is 9.39. The fourth-order valence-corrected chi connectivity index (χ4v) is 3.98. The van der Waals surface area contributed by atoms with Gasteiger partial charge in [0, 0.05) is 10.9 Å². The molecular weight excluding hydrogens is 352 g/mol. The maximum Gasteiger partial charge on any atom is 0.266 e. The average molecular weight is 366 g/mol. The zero-order chi connectivity index (χ0) is 17.2. The molecule has 5 nitrogen and oxygen atoms in total. The van der Waals surface area contributed by atoms with Crippen molar-refractivity contribution >= 4 is 34.4 Å². The maximum atomic E-state index is 12.3. The van der Waals surface area contributed by atoms with Crippen molar-refractivity contribution in [3.63, 3.8) is 0 Å². The Morgan fingerprint density at radius 3 is 2.72 bits per heavy atom. The van der Waals surface area contributed by atoms with Gasteiger partial charge in [0.2, 0.25) is 0 Å². The van der Waals surface area contributed by atoms with Crippen molar-refractivity contribution in [2.24, 2.45) is 0 Å². The average Bonchev–Trinajstić information content (AvgIpc) is 3.36. The minimum atomic E-state index is -0.143. The molecule has 7 heteroatoms. The third-order valence-corrected chi connectivity index (χ3v) is 5.37. The number of rotatable bonds is 4. The second kappa shape index (κ2) is 6.62. The Kier molecular flexibility index (Phi) is 4.17. The number of hydrogen-bond donors (Lipinski definition) is 1. The first-order valence-electron chi connectivity index (χ1n) is 7.63. The van der Waals surface area contributed by atoms with Crippen LogP contribution in [-0.2, 0) is 0 Å². The number of aromatic nitrogens is 3. The van der Waals surface area contributed by atoms with Crippen molar-refractivity contribution in [3.8, 4) is 16.4 Å². The smallest absolute Gasteiger partial charge is 0.266 e. The zero-order valence-corrected chi connectivity index (χ0v) is 15.0. The molecule has 4 aromatic rings. The number of thiophene rings is 1. The molecule has 0 fully saturated rings. The second-order valence-corrected chi connectivity index (χ2v) is 7.12. The molecule has 0 aliphatic heterocycles. The third kappa shape index (κ3) is 3.11. The minimum Gasteiger partial charge on any atom is -0.306 e. The molecule has 0 aliphatic carbocycles. The Morgan fingerprint density at radius 2 is 1.96 bits per heavy atom. The molecule has 1 aromatic carbocycles. The Labute approximate surface area is 152 Å². The quantitative estimate of drug-likeness (QED) is 0.573. The van der Waals surface area contributed by atoms with Crippen molar-refractivity contribution in [3.05, 3.63) is 70.1 Å². The molecule has 25 heavy (non-hydrogen) atoms. The van der Waals surface area contributed by atoms with Gasteiger partial charge in [0.25, 0.3) is 5.91 Å². The Hall–Kier alpha value is -2.77. The predicted octanol–water partition coefficient (Wildman–Crippen LogP) is 4.62. The van der Waals surface area contributed by atoms with Crippen LogP contribution in [0.3, 0.4) is 0 Å². The van der Waals surface area contributed by atoms with Gasteiger partial charge in [-0.25, -0.2) is 9.97 Å². The standard InChI is InChI=1S/C18H14N4OS2/c1-12-19-10-16(21-17(23)15-8-5-9-24-15)22(12)18-20-14(11-25-18)13-6-3-2-4-7-13/h2-11H,1H3,(H,21,23). The minimum absolute atomic E-state index is 0.143. The lowest BCUT2D eigenvalue weighted by Crippen LogP contribution is -2.13. The van der Waals surface area contributed by atoms with Gasteiger partial charge in [-0.15, -0.1) is 22.7 Å². The van der Waals surface area contributed by atoms with Crippen molar-refractivity contribution in [2.45, 2.75) is 6.92 Å². The highest BCUT2D eigenvalue weighted by Gasteiger charge is 2.16. The van der Waals surface area contributed by atoms with Crippen LogP contribution in [0, 0.1) is 6.92 Å². The molecule has 3 heterocycles. The van der Waals surface area contributed by atoms with E-state index in [2.05, 4.69) is 10.3 Å². The molecule has 0 atom stereocenters. The molecule has 3 aromatic heterocycles. The number of imidazole rings is 1. The lowest BCUT2D eigenvalue weighted by Gasteiger charge is -2.07. The first-order chi connectivity index (χ1) is 12.2. The molecule has 1 N–H and O–H groups in total. The molecule has 0 saturated heterocycles. The van der Waals surface area contributed by atoms with Crippen LogP contribution in [0.25, 0.3) is 16.4 Å².